The lowest BCUT2D eigenvalue weighted by Crippen LogP contribution is -1.99. The molecule has 0 atom stereocenters. The van der Waals surface area contributed by atoms with Crippen LogP contribution in [0, 0.1) is 11.6 Å². The normalized spacial score (nSPS) is 14.1. The summed E-state index contributed by atoms with van der Waals surface area (Å²) >= 11 is 5.99. The molecule has 3 aromatic rings. The van der Waals surface area contributed by atoms with Gasteiger partial charge in [-0.05, 0) is 48.0 Å². The Labute approximate surface area is 164 Å². The highest BCUT2D eigenvalue weighted by atomic mass is 35.5. The van der Waals surface area contributed by atoms with Crippen LogP contribution in [0.25, 0.3) is 6.08 Å². The van der Waals surface area contributed by atoms with Gasteiger partial charge in [0, 0.05) is 11.6 Å². The van der Waals surface area contributed by atoms with Crippen LogP contribution < -0.4 is 9.47 Å². The fraction of sp³-hybridized carbons (Fsp3) is 0.0455. The molecule has 0 amide bonds. The summed E-state index contributed by atoms with van der Waals surface area (Å²) in [5.74, 6) is -0.347. The first-order chi connectivity index (χ1) is 13.5. The van der Waals surface area contributed by atoms with Gasteiger partial charge in [0.2, 0.25) is 5.78 Å². The van der Waals surface area contributed by atoms with Crippen molar-refractivity contribution in [2.45, 2.75) is 6.61 Å². The molecule has 4 rings (SSSR count). The van der Waals surface area contributed by atoms with Crippen LogP contribution in [0.5, 0.6) is 11.5 Å². The predicted octanol–water partition coefficient (Wildman–Crippen LogP) is 5.81. The van der Waals surface area contributed by atoms with Crippen molar-refractivity contribution in [3.05, 3.63) is 99.8 Å². The fourth-order valence-corrected chi connectivity index (χ4v) is 3.05. The third kappa shape index (κ3) is 3.62. The van der Waals surface area contributed by atoms with Gasteiger partial charge >= 0.3 is 0 Å². The fourth-order valence-electron chi connectivity index (χ4n) is 2.83. The zero-order valence-corrected chi connectivity index (χ0v) is 15.2. The summed E-state index contributed by atoms with van der Waals surface area (Å²) in [6.45, 7) is -0.0652. The van der Waals surface area contributed by atoms with E-state index in [4.69, 9.17) is 21.1 Å². The van der Waals surface area contributed by atoms with Gasteiger partial charge in [0.25, 0.3) is 0 Å². The summed E-state index contributed by atoms with van der Waals surface area (Å²) in [4.78, 5) is 12.5. The Bertz CT molecular complexity index is 1090. The molecular formula is C22H13ClF2O3. The third-order valence-corrected chi connectivity index (χ3v) is 4.59. The molecule has 6 heteroatoms. The first-order valence-corrected chi connectivity index (χ1v) is 8.78. The molecule has 0 spiro atoms. The second-order valence-electron chi connectivity index (χ2n) is 6.14. The van der Waals surface area contributed by atoms with E-state index >= 15 is 0 Å². The Hall–Kier alpha value is -3.18. The monoisotopic (exact) mass is 398 g/mol. The van der Waals surface area contributed by atoms with Crippen molar-refractivity contribution in [3.63, 3.8) is 0 Å². The molecule has 28 heavy (non-hydrogen) atoms. The standard InChI is InChI=1S/C22H13ClF2O3/c23-18-5-2-6-19(25)17(18)12-27-15-7-8-16-20(11-15)28-21(22(16)26)10-13-3-1-4-14(24)9-13/h1-11H,12H2/b21-10+. The highest BCUT2D eigenvalue weighted by Gasteiger charge is 2.27. The van der Waals surface area contributed by atoms with Crippen LogP contribution in [-0.4, -0.2) is 5.78 Å². The number of hydrogen-bond donors (Lipinski definition) is 0. The van der Waals surface area contributed by atoms with Gasteiger partial charge in [0.05, 0.1) is 10.6 Å². The second kappa shape index (κ2) is 7.44. The molecule has 0 fully saturated rings. The van der Waals surface area contributed by atoms with E-state index in [1.165, 1.54) is 30.3 Å². The van der Waals surface area contributed by atoms with E-state index in [2.05, 4.69) is 0 Å². The van der Waals surface area contributed by atoms with Crippen molar-refractivity contribution in [2.24, 2.45) is 0 Å². The lowest BCUT2D eigenvalue weighted by Gasteiger charge is -2.09. The first-order valence-electron chi connectivity index (χ1n) is 8.41. The van der Waals surface area contributed by atoms with Crippen LogP contribution in [0.4, 0.5) is 8.78 Å². The Kier molecular flexibility index (Phi) is 4.84. The quantitative estimate of drug-likeness (QED) is 0.520. The SMILES string of the molecule is O=C1/C(=C\c2cccc(F)c2)Oc2cc(OCc3c(F)cccc3Cl)ccc21. The second-order valence-corrected chi connectivity index (χ2v) is 6.55. The van der Waals surface area contributed by atoms with Crippen molar-refractivity contribution in [1.29, 1.82) is 0 Å². The van der Waals surface area contributed by atoms with E-state index in [-0.39, 0.29) is 28.7 Å². The van der Waals surface area contributed by atoms with E-state index in [0.29, 0.717) is 22.6 Å². The maximum Gasteiger partial charge on any atom is 0.231 e. The number of carbonyl (C=O) groups excluding carboxylic acids is 1. The molecule has 0 saturated carbocycles. The number of benzene rings is 3. The predicted molar refractivity (Wildman–Crippen MR) is 102 cm³/mol. The molecule has 3 aromatic carbocycles. The van der Waals surface area contributed by atoms with Crippen molar-refractivity contribution in [1.82, 2.24) is 0 Å². The summed E-state index contributed by atoms with van der Waals surface area (Å²) in [5, 5.41) is 0.271. The Morgan fingerprint density at radius 3 is 2.64 bits per heavy atom. The molecular weight excluding hydrogens is 386 g/mol. The molecule has 0 unspecified atom stereocenters. The molecule has 0 aliphatic carbocycles. The smallest absolute Gasteiger partial charge is 0.231 e. The summed E-state index contributed by atoms with van der Waals surface area (Å²) < 4.78 is 38.4. The summed E-state index contributed by atoms with van der Waals surface area (Å²) in [6.07, 6.45) is 1.48. The molecule has 1 aliphatic heterocycles. The first kappa shape index (κ1) is 18.2. The lowest BCUT2D eigenvalue weighted by atomic mass is 10.1. The van der Waals surface area contributed by atoms with Gasteiger partial charge < -0.3 is 9.47 Å². The van der Waals surface area contributed by atoms with Crippen LogP contribution >= 0.6 is 11.6 Å². The molecule has 140 valence electrons. The zero-order valence-electron chi connectivity index (χ0n) is 14.4. The van der Waals surface area contributed by atoms with Crippen molar-refractivity contribution < 1.29 is 23.0 Å². The van der Waals surface area contributed by atoms with Crippen LogP contribution in [-0.2, 0) is 6.61 Å². The summed E-state index contributed by atoms with van der Waals surface area (Å²) in [5.41, 5.74) is 1.13. The minimum absolute atomic E-state index is 0.0652. The molecule has 0 aromatic heterocycles. The average molecular weight is 399 g/mol. The zero-order chi connectivity index (χ0) is 19.7. The van der Waals surface area contributed by atoms with Gasteiger partial charge in [-0.2, -0.15) is 0 Å². The maximum absolute atomic E-state index is 13.8. The Balaban J connectivity index is 1.54. The van der Waals surface area contributed by atoms with Crippen LogP contribution in [0.15, 0.2) is 66.4 Å². The number of halogens is 3. The molecule has 0 radical (unpaired) electrons. The van der Waals surface area contributed by atoms with E-state index in [1.54, 1.807) is 36.4 Å². The van der Waals surface area contributed by atoms with Crippen LogP contribution in [0.1, 0.15) is 21.5 Å². The molecule has 0 N–H and O–H groups in total. The third-order valence-electron chi connectivity index (χ3n) is 4.23. The van der Waals surface area contributed by atoms with Crippen molar-refractivity contribution in [3.8, 4) is 11.5 Å². The molecule has 3 nitrogen and oxygen atoms in total. The van der Waals surface area contributed by atoms with Crippen LogP contribution in [0.2, 0.25) is 5.02 Å². The van der Waals surface area contributed by atoms with E-state index in [9.17, 15) is 13.6 Å². The topological polar surface area (TPSA) is 35.5 Å². The van der Waals surface area contributed by atoms with E-state index < -0.39 is 11.6 Å². The van der Waals surface area contributed by atoms with Gasteiger partial charge in [-0.1, -0.05) is 29.8 Å². The number of carbonyl (C=O) groups is 1. The molecule has 1 heterocycles. The van der Waals surface area contributed by atoms with Gasteiger partial charge in [0.15, 0.2) is 5.76 Å². The van der Waals surface area contributed by atoms with Gasteiger partial charge in [-0.3, -0.25) is 4.79 Å². The number of Topliss-reactive ketones (excluding diaryl/α,β-unsaturated/α-hetero) is 1. The van der Waals surface area contributed by atoms with Gasteiger partial charge in [-0.25, -0.2) is 8.78 Å². The van der Waals surface area contributed by atoms with Crippen molar-refractivity contribution >= 4 is 23.5 Å². The number of hydrogen-bond acceptors (Lipinski definition) is 3. The molecule has 0 saturated heterocycles. The largest absolute Gasteiger partial charge is 0.489 e. The summed E-state index contributed by atoms with van der Waals surface area (Å²) in [7, 11) is 0. The maximum atomic E-state index is 13.8. The number of rotatable bonds is 4. The van der Waals surface area contributed by atoms with E-state index in [1.807, 2.05) is 0 Å². The molecule has 0 bridgehead atoms. The number of ketones is 1. The number of allylic oxidation sites excluding steroid dienone is 1. The lowest BCUT2D eigenvalue weighted by molar-refractivity contribution is 0.101. The number of fused-ring (bicyclic) bond motifs is 1. The summed E-state index contributed by atoms with van der Waals surface area (Å²) in [6, 6.07) is 15.0. The highest BCUT2D eigenvalue weighted by molar-refractivity contribution is 6.31. The average Bonchev–Trinajstić information content (AvgIpc) is 2.96. The Morgan fingerprint density at radius 2 is 1.86 bits per heavy atom. The molecule has 1 aliphatic rings. The minimum Gasteiger partial charge on any atom is -0.489 e. The van der Waals surface area contributed by atoms with E-state index in [0.717, 1.165) is 0 Å². The highest BCUT2D eigenvalue weighted by Crippen LogP contribution is 2.35. The van der Waals surface area contributed by atoms with Crippen LogP contribution in [0.3, 0.4) is 0 Å². The van der Waals surface area contributed by atoms with Gasteiger partial charge in [0.1, 0.15) is 29.7 Å². The Morgan fingerprint density at radius 1 is 1.04 bits per heavy atom. The van der Waals surface area contributed by atoms with Crippen molar-refractivity contribution in [2.75, 3.05) is 0 Å². The minimum atomic E-state index is -0.458. The van der Waals surface area contributed by atoms with Gasteiger partial charge in [-0.15, -0.1) is 0 Å². The number of ether oxygens (including phenoxy) is 2.